The number of anilines is 1. The number of hydrogen-bond donors (Lipinski definition) is 1. The molecule has 0 aliphatic heterocycles. The first kappa shape index (κ1) is 10.4. The van der Waals surface area contributed by atoms with E-state index in [0.717, 1.165) is 0 Å². The van der Waals surface area contributed by atoms with E-state index in [1.54, 1.807) is 24.4 Å². The Morgan fingerprint density at radius 2 is 2.33 bits per heavy atom. The number of aromatic nitrogens is 1. The second-order valence-electron chi connectivity index (χ2n) is 4.31. The highest BCUT2D eigenvalue weighted by atomic mass is 35.5. The minimum absolute atomic E-state index is 0.160. The molecule has 96 valence electrons. The zero-order chi connectivity index (χ0) is 14.8. The molecule has 0 amide bonds. The molecule has 0 fully saturated rings. The van der Waals surface area contributed by atoms with Crippen LogP contribution in [0, 0.1) is 5.92 Å². The van der Waals surface area contributed by atoms with Crippen molar-refractivity contribution in [1.29, 1.82) is 0 Å². The molecule has 0 saturated carbocycles. The van der Waals surface area contributed by atoms with Crippen molar-refractivity contribution in [1.82, 2.24) is 4.98 Å². The van der Waals surface area contributed by atoms with Crippen LogP contribution in [0.3, 0.4) is 0 Å². The molecule has 0 bridgehead atoms. The summed E-state index contributed by atoms with van der Waals surface area (Å²) in [6, 6.07) is 5.20. The lowest BCUT2D eigenvalue weighted by atomic mass is 10.0. The molecule has 3 nitrogen and oxygen atoms in total. The van der Waals surface area contributed by atoms with E-state index in [4.69, 9.17) is 18.8 Å². The first-order chi connectivity index (χ1) is 9.41. The summed E-state index contributed by atoms with van der Waals surface area (Å²) in [6.45, 7) is 4.14. The topological polar surface area (TPSA) is 38.1 Å². The molecule has 0 radical (unpaired) electrons. The summed E-state index contributed by atoms with van der Waals surface area (Å²) in [5.74, 6) is 0.530. The summed E-state index contributed by atoms with van der Waals surface area (Å²) < 4.78 is 21.6. The van der Waals surface area contributed by atoms with E-state index in [1.807, 2.05) is 13.8 Å². The van der Waals surface area contributed by atoms with Gasteiger partial charge >= 0.3 is 0 Å². The Balaban J connectivity index is 2.28. The van der Waals surface area contributed by atoms with Crippen LogP contribution in [0.5, 0.6) is 0 Å². The Kier molecular flexibility index (Phi) is 3.43. The fourth-order valence-electron chi connectivity index (χ4n) is 1.61. The number of hydrogen-bond acceptors (Lipinski definition) is 3. The van der Waals surface area contributed by atoms with Gasteiger partial charge in [-0.1, -0.05) is 25.4 Å². The molecule has 1 heterocycles. The molecular formula is C14H17ClN2O. The summed E-state index contributed by atoms with van der Waals surface area (Å²) >= 11 is 6.00. The minimum Gasteiger partial charge on any atom is -0.447 e. The Morgan fingerprint density at radius 1 is 1.50 bits per heavy atom. The van der Waals surface area contributed by atoms with Gasteiger partial charge in [-0.05, 0) is 36.1 Å². The molecule has 0 aliphatic carbocycles. The van der Waals surface area contributed by atoms with Crippen molar-refractivity contribution in [2.75, 3.05) is 5.32 Å². The van der Waals surface area contributed by atoms with Crippen molar-refractivity contribution >= 4 is 17.3 Å². The number of rotatable bonds is 5. The number of nitrogens with one attached hydrogen (secondary N) is 1. The van der Waals surface area contributed by atoms with Gasteiger partial charge in [-0.15, -0.1) is 0 Å². The van der Waals surface area contributed by atoms with Crippen LogP contribution < -0.4 is 5.32 Å². The van der Waals surface area contributed by atoms with Crippen molar-refractivity contribution in [3.63, 3.8) is 0 Å². The van der Waals surface area contributed by atoms with E-state index in [1.165, 1.54) is 6.39 Å². The predicted octanol–water partition coefficient (Wildman–Crippen LogP) is 4.14. The standard InChI is InChI=1S/C14H17ClN2O/c1-10(2)5-11-6-12(15)3-4-14(11)17-8-13-7-16-9-18-13/h3-4,6-7,9-10,17H,5,8H2,1-2H3/i5D2. The summed E-state index contributed by atoms with van der Waals surface area (Å²) in [5, 5.41) is 3.69. The molecule has 1 N–H and O–H groups in total. The minimum atomic E-state index is -1.46. The second-order valence-corrected chi connectivity index (χ2v) is 4.75. The van der Waals surface area contributed by atoms with Gasteiger partial charge in [-0.2, -0.15) is 0 Å². The van der Waals surface area contributed by atoms with E-state index in [0.29, 0.717) is 28.6 Å². The molecular weight excluding hydrogens is 248 g/mol. The second kappa shape index (κ2) is 5.91. The summed E-state index contributed by atoms with van der Waals surface area (Å²) in [5.41, 5.74) is 1.27. The molecule has 0 atom stereocenters. The van der Waals surface area contributed by atoms with Gasteiger partial charge in [-0.3, -0.25) is 0 Å². The van der Waals surface area contributed by atoms with E-state index in [2.05, 4.69) is 10.3 Å². The van der Waals surface area contributed by atoms with E-state index < -0.39 is 6.37 Å². The summed E-state index contributed by atoms with van der Waals surface area (Å²) in [6.07, 6.45) is 1.53. The van der Waals surface area contributed by atoms with Gasteiger partial charge in [0.15, 0.2) is 6.39 Å². The molecule has 2 rings (SSSR count). The Hall–Kier alpha value is -1.48. The van der Waals surface area contributed by atoms with Crippen LogP contribution in [0.25, 0.3) is 0 Å². The number of halogens is 1. The molecule has 4 heteroatoms. The highest BCUT2D eigenvalue weighted by molar-refractivity contribution is 6.30. The normalized spacial score (nSPS) is 13.3. The van der Waals surface area contributed by atoms with Gasteiger partial charge in [-0.25, -0.2) is 4.98 Å². The van der Waals surface area contributed by atoms with Crippen molar-refractivity contribution in [3.05, 3.63) is 47.1 Å². The maximum absolute atomic E-state index is 8.24. The Bertz CT molecular complexity index is 571. The molecule has 18 heavy (non-hydrogen) atoms. The monoisotopic (exact) mass is 266 g/mol. The maximum Gasteiger partial charge on any atom is 0.180 e. The van der Waals surface area contributed by atoms with Gasteiger partial charge in [0.1, 0.15) is 5.76 Å². The highest BCUT2D eigenvalue weighted by Gasteiger charge is 2.06. The fourth-order valence-corrected chi connectivity index (χ4v) is 1.78. The molecule has 0 spiro atoms. The van der Waals surface area contributed by atoms with Crippen LogP contribution in [0.1, 0.15) is 27.9 Å². The average molecular weight is 267 g/mol. The fraction of sp³-hybridized carbons (Fsp3) is 0.357. The van der Waals surface area contributed by atoms with Crippen LogP contribution in [-0.2, 0) is 12.9 Å². The predicted molar refractivity (Wildman–Crippen MR) is 73.8 cm³/mol. The third-order valence-electron chi connectivity index (χ3n) is 2.36. The number of oxazole rings is 1. The number of benzene rings is 1. The SMILES string of the molecule is [2H]C([2H])(c1cc(Cl)ccc1NCc1cnco1)C(C)C. The Labute approximate surface area is 115 Å². The molecule has 0 saturated heterocycles. The van der Waals surface area contributed by atoms with Gasteiger partial charge in [0.25, 0.3) is 0 Å². The van der Waals surface area contributed by atoms with Crippen molar-refractivity contribution < 1.29 is 7.16 Å². The van der Waals surface area contributed by atoms with Crippen molar-refractivity contribution in [2.45, 2.75) is 26.8 Å². The summed E-state index contributed by atoms with van der Waals surface area (Å²) in [7, 11) is 0. The highest BCUT2D eigenvalue weighted by Crippen LogP contribution is 2.24. The molecule has 2 aromatic rings. The van der Waals surface area contributed by atoms with Crippen LogP contribution >= 0.6 is 11.6 Å². The van der Waals surface area contributed by atoms with Gasteiger partial charge in [0.2, 0.25) is 0 Å². The van der Waals surface area contributed by atoms with Crippen LogP contribution in [0.15, 0.2) is 35.2 Å². The molecule has 0 aliphatic rings. The first-order valence-corrected chi connectivity index (χ1v) is 6.20. The van der Waals surface area contributed by atoms with Gasteiger partial charge < -0.3 is 9.73 Å². The largest absolute Gasteiger partial charge is 0.447 e. The van der Waals surface area contributed by atoms with Crippen LogP contribution in [-0.4, -0.2) is 4.98 Å². The first-order valence-electron chi connectivity index (χ1n) is 6.82. The molecule has 1 aromatic heterocycles. The van der Waals surface area contributed by atoms with E-state index in [9.17, 15) is 0 Å². The third kappa shape index (κ3) is 3.50. The van der Waals surface area contributed by atoms with Gasteiger partial charge in [0, 0.05) is 13.5 Å². The van der Waals surface area contributed by atoms with Gasteiger partial charge in [0.05, 0.1) is 12.7 Å². The smallest absolute Gasteiger partial charge is 0.180 e. The zero-order valence-electron chi connectivity index (χ0n) is 12.4. The maximum atomic E-state index is 8.24. The lowest BCUT2D eigenvalue weighted by Gasteiger charge is -2.13. The van der Waals surface area contributed by atoms with E-state index >= 15 is 0 Å². The van der Waals surface area contributed by atoms with Crippen LogP contribution in [0.2, 0.25) is 5.02 Å². The zero-order valence-corrected chi connectivity index (χ0v) is 11.2. The Morgan fingerprint density at radius 3 is 3.00 bits per heavy atom. The lowest BCUT2D eigenvalue weighted by Crippen LogP contribution is -2.04. The van der Waals surface area contributed by atoms with Crippen molar-refractivity contribution in [3.8, 4) is 0 Å². The van der Waals surface area contributed by atoms with Crippen molar-refractivity contribution in [2.24, 2.45) is 5.92 Å². The quantitative estimate of drug-likeness (QED) is 0.884. The average Bonchev–Trinajstić information content (AvgIpc) is 2.90. The third-order valence-corrected chi connectivity index (χ3v) is 2.60. The van der Waals surface area contributed by atoms with Crippen LogP contribution in [0.4, 0.5) is 5.69 Å². The lowest BCUT2D eigenvalue weighted by molar-refractivity contribution is 0.511. The number of nitrogens with zero attached hydrogens (tertiary/aromatic N) is 1. The molecule has 0 unspecified atom stereocenters. The van der Waals surface area contributed by atoms with E-state index in [-0.39, 0.29) is 5.92 Å². The summed E-state index contributed by atoms with van der Waals surface area (Å²) in [4.78, 5) is 3.85. The molecule has 1 aromatic carbocycles.